The number of hydrogen-bond acceptors (Lipinski definition) is 7. The normalized spacial score (nSPS) is 25.8. The summed E-state index contributed by atoms with van der Waals surface area (Å²) in [4.78, 5) is 15.2. The molecule has 0 spiro atoms. The zero-order valence-corrected chi connectivity index (χ0v) is 19.0. The van der Waals surface area contributed by atoms with E-state index in [1.807, 2.05) is 13.8 Å². The molecule has 4 atom stereocenters. The fourth-order valence-corrected chi connectivity index (χ4v) is 4.35. The predicted octanol–water partition coefficient (Wildman–Crippen LogP) is 3.12. The summed E-state index contributed by atoms with van der Waals surface area (Å²) in [6.45, 7) is 9.01. The average molecular weight is 465 g/mol. The van der Waals surface area contributed by atoms with Crippen molar-refractivity contribution in [1.82, 2.24) is 10.1 Å². The first-order chi connectivity index (χ1) is 15.9. The Labute approximate surface area is 191 Å². The Morgan fingerprint density at radius 2 is 2.03 bits per heavy atom. The average Bonchev–Trinajstić information content (AvgIpc) is 3.34. The maximum Gasteiger partial charge on any atom is 0.254 e. The Kier molecular flexibility index (Phi) is 7.26. The van der Waals surface area contributed by atoms with Gasteiger partial charge < -0.3 is 24.1 Å². The molecule has 0 radical (unpaired) electrons. The number of aryl methyl sites for hydroxylation is 1. The number of rotatable bonds is 7. The molecule has 1 N–H and O–H groups in total. The van der Waals surface area contributed by atoms with Crippen LogP contribution in [0.15, 0.2) is 22.9 Å². The quantitative estimate of drug-likeness (QED) is 0.673. The summed E-state index contributed by atoms with van der Waals surface area (Å²) in [7, 11) is 0. The minimum atomic E-state index is -1.06. The third-order valence-electron chi connectivity index (χ3n) is 6.46. The van der Waals surface area contributed by atoms with Crippen molar-refractivity contribution in [1.29, 1.82) is 0 Å². The molecule has 1 aromatic carbocycles. The summed E-state index contributed by atoms with van der Waals surface area (Å²) in [5.74, 6) is -3.32. The van der Waals surface area contributed by atoms with Crippen LogP contribution in [0.25, 0.3) is 0 Å². The van der Waals surface area contributed by atoms with Gasteiger partial charge in [-0.05, 0) is 25.8 Å². The Hall–Kier alpha value is -2.56. The van der Waals surface area contributed by atoms with E-state index in [1.165, 1.54) is 12.3 Å². The molecular formula is C23H29F2N3O5. The highest BCUT2D eigenvalue weighted by Crippen LogP contribution is 2.45. The van der Waals surface area contributed by atoms with Crippen LogP contribution in [0.4, 0.5) is 14.5 Å². The Bertz CT molecular complexity index is 979. The largest absolute Gasteiger partial charge is 0.489 e. The van der Waals surface area contributed by atoms with Gasteiger partial charge in [-0.3, -0.25) is 9.69 Å². The standard InChI is InChI=1S/C23H29F2N3O5/c1-13-15(3)33-22(23(29)26-18-12-32-27-14(18)2)19(13)16-4-5-17(24)20(25)21(16)31-11-8-28-6-9-30-10-7-28/h4-5,12-13,15,19,22H,6-11H2,1-3H3,(H,26,29)/t13-,15-,19+,22-/m1/s1. The molecular weight excluding hydrogens is 436 g/mol. The molecule has 2 fully saturated rings. The van der Waals surface area contributed by atoms with Gasteiger partial charge in [0.05, 0.1) is 19.3 Å². The van der Waals surface area contributed by atoms with Gasteiger partial charge in [0.1, 0.15) is 30.4 Å². The van der Waals surface area contributed by atoms with E-state index in [9.17, 15) is 13.6 Å². The van der Waals surface area contributed by atoms with Crippen LogP contribution in [0.5, 0.6) is 5.75 Å². The maximum atomic E-state index is 14.9. The third-order valence-corrected chi connectivity index (χ3v) is 6.46. The second-order valence-corrected chi connectivity index (χ2v) is 8.53. The SMILES string of the molecule is Cc1nocc1NC(=O)[C@@H]1O[C@H](C)[C@@H](C)[C@H]1c1ccc(F)c(F)c1OCCN1CCOCC1. The fraction of sp³-hybridized carbons (Fsp3) is 0.565. The number of morpholine rings is 1. The number of carbonyl (C=O) groups is 1. The molecule has 2 aliphatic rings. The zero-order valence-electron chi connectivity index (χ0n) is 19.0. The van der Waals surface area contributed by atoms with Gasteiger partial charge in [-0.2, -0.15) is 4.39 Å². The van der Waals surface area contributed by atoms with Crippen LogP contribution in [0.3, 0.4) is 0 Å². The van der Waals surface area contributed by atoms with Crippen LogP contribution in [0.1, 0.15) is 31.0 Å². The summed E-state index contributed by atoms with van der Waals surface area (Å²) in [5.41, 5.74) is 1.37. The number of carbonyl (C=O) groups excluding carboxylic acids is 1. The van der Waals surface area contributed by atoms with Gasteiger partial charge in [0.15, 0.2) is 11.6 Å². The number of halogens is 2. The lowest BCUT2D eigenvalue weighted by atomic mass is 9.82. The number of hydrogen-bond donors (Lipinski definition) is 1. The van der Waals surface area contributed by atoms with E-state index in [-0.39, 0.29) is 24.4 Å². The highest BCUT2D eigenvalue weighted by Gasteiger charge is 2.46. The lowest BCUT2D eigenvalue weighted by Crippen LogP contribution is -2.38. The Morgan fingerprint density at radius 3 is 2.73 bits per heavy atom. The number of anilines is 1. The van der Waals surface area contributed by atoms with E-state index in [0.29, 0.717) is 36.7 Å². The Balaban J connectivity index is 1.57. The van der Waals surface area contributed by atoms with Crippen molar-refractivity contribution in [2.45, 2.75) is 38.9 Å². The van der Waals surface area contributed by atoms with Crippen molar-refractivity contribution >= 4 is 11.6 Å². The van der Waals surface area contributed by atoms with Gasteiger partial charge >= 0.3 is 0 Å². The molecule has 3 heterocycles. The van der Waals surface area contributed by atoms with E-state index in [1.54, 1.807) is 6.92 Å². The van der Waals surface area contributed by atoms with Gasteiger partial charge in [-0.15, -0.1) is 0 Å². The van der Waals surface area contributed by atoms with Crippen LogP contribution < -0.4 is 10.1 Å². The molecule has 2 aromatic rings. The van der Waals surface area contributed by atoms with Gasteiger partial charge in [-0.1, -0.05) is 18.1 Å². The second-order valence-electron chi connectivity index (χ2n) is 8.53. The van der Waals surface area contributed by atoms with E-state index >= 15 is 0 Å². The van der Waals surface area contributed by atoms with Crippen molar-refractivity contribution < 1.29 is 32.3 Å². The molecule has 0 unspecified atom stereocenters. The van der Waals surface area contributed by atoms with E-state index in [0.717, 1.165) is 19.2 Å². The highest BCUT2D eigenvalue weighted by molar-refractivity contribution is 5.95. The predicted molar refractivity (Wildman–Crippen MR) is 115 cm³/mol. The van der Waals surface area contributed by atoms with Gasteiger partial charge in [0.2, 0.25) is 5.82 Å². The van der Waals surface area contributed by atoms with Gasteiger partial charge in [-0.25, -0.2) is 4.39 Å². The topological polar surface area (TPSA) is 86.1 Å². The first kappa shape index (κ1) is 23.6. The number of amides is 1. The summed E-state index contributed by atoms with van der Waals surface area (Å²) in [6, 6.07) is 2.55. The summed E-state index contributed by atoms with van der Waals surface area (Å²) >= 11 is 0. The van der Waals surface area contributed by atoms with Gasteiger partial charge in [0, 0.05) is 31.1 Å². The molecule has 0 aliphatic carbocycles. The van der Waals surface area contributed by atoms with E-state index < -0.39 is 29.6 Å². The molecule has 10 heteroatoms. The molecule has 33 heavy (non-hydrogen) atoms. The van der Waals surface area contributed by atoms with Crippen molar-refractivity contribution in [3.63, 3.8) is 0 Å². The molecule has 2 aliphatic heterocycles. The lowest BCUT2D eigenvalue weighted by molar-refractivity contribution is -0.127. The van der Waals surface area contributed by atoms with Gasteiger partial charge in [0.25, 0.3) is 5.91 Å². The minimum absolute atomic E-state index is 0.143. The van der Waals surface area contributed by atoms with E-state index in [2.05, 4.69) is 15.4 Å². The van der Waals surface area contributed by atoms with Crippen LogP contribution in [-0.2, 0) is 14.3 Å². The van der Waals surface area contributed by atoms with Crippen molar-refractivity contribution in [2.24, 2.45) is 5.92 Å². The number of nitrogens with zero attached hydrogens (tertiary/aromatic N) is 2. The zero-order chi connectivity index (χ0) is 23.5. The molecule has 0 bridgehead atoms. The number of ether oxygens (including phenoxy) is 3. The molecule has 1 aromatic heterocycles. The molecule has 8 nitrogen and oxygen atoms in total. The fourth-order valence-electron chi connectivity index (χ4n) is 4.35. The van der Waals surface area contributed by atoms with Crippen LogP contribution in [0, 0.1) is 24.5 Å². The smallest absolute Gasteiger partial charge is 0.254 e. The second kappa shape index (κ2) is 10.1. The maximum absolute atomic E-state index is 14.9. The number of nitrogens with one attached hydrogen (secondary N) is 1. The van der Waals surface area contributed by atoms with Crippen LogP contribution in [0.2, 0.25) is 0 Å². The Morgan fingerprint density at radius 1 is 1.27 bits per heavy atom. The van der Waals surface area contributed by atoms with Crippen molar-refractivity contribution in [2.75, 3.05) is 44.8 Å². The third kappa shape index (κ3) is 5.02. The number of benzene rings is 1. The molecule has 1 amide bonds. The first-order valence-corrected chi connectivity index (χ1v) is 11.1. The van der Waals surface area contributed by atoms with E-state index in [4.69, 9.17) is 18.7 Å². The molecule has 180 valence electrons. The summed E-state index contributed by atoms with van der Waals surface area (Å²) in [6.07, 6.45) is 0.140. The minimum Gasteiger partial charge on any atom is -0.489 e. The lowest BCUT2D eigenvalue weighted by Gasteiger charge is -2.27. The van der Waals surface area contributed by atoms with Crippen molar-refractivity contribution in [3.05, 3.63) is 41.3 Å². The molecule has 0 saturated carbocycles. The van der Waals surface area contributed by atoms with Crippen molar-refractivity contribution in [3.8, 4) is 5.75 Å². The molecule has 2 saturated heterocycles. The van der Waals surface area contributed by atoms with Crippen LogP contribution in [-0.4, -0.2) is 67.6 Å². The monoisotopic (exact) mass is 465 g/mol. The number of aromatic nitrogens is 1. The highest BCUT2D eigenvalue weighted by atomic mass is 19.2. The first-order valence-electron chi connectivity index (χ1n) is 11.1. The summed E-state index contributed by atoms with van der Waals surface area (Å²) in [5, 5.41) is 6.51. The van der Waals surface area contributed by atoms with Crippen LogP contribution >= 0.6 is 0 Å². The molecule has 4 rings (SSSR count). The summed E-state index contributed by atoms with van der Waals surface area (Å²) < 4.78 is 51.0.